The number of hydrogen-bond acceptors (Lipinski definition) is 5. The summed E-state index contributed by atoms with van der Waals surface area (Å²) in [5, 5.41) is 8.85. The molecule has 178 valence electrons. The highest BCUT2D eigenvalue weighted by Gasteiger charge is 2.26. The van der Waals surface area contributed by atoms with Gasteiger partial charge in [0.2, 0.25) is 11.8 Å². The van der Waals surface area contributed by atoms with Crippen molar-refractivity contribution in [3.05, 3.63) is 42.5 Å². The smallest absolute Gasteiger partial charge is 0.242 e. The molecular weight excluding hydrogens is 414 g/mol. The predicted octanol–water partition coefficient (Wildman–Crippen LogP) is 3.71. The van der Waals surface area contributed by atoms with Gasteiger partial charge in [-0.05, 0) is 24.5 Å². The van der Waals surface area contributed by atoms with Crippen molar-refractivity contribution in [2.24, 2.45) is 11.8 Å². The van der Waals surface area contributed by atoms with Crippen LogP contribution in [0, 0.1) is 11.8 Å². The molecule has 2 heterocycles. The quantitative estimate of drug-likeness (QED) is 0.612. The zero-order valence-electron chi connectivity index (χ0n) is 20.4. The number of anilines is 1. The minimum absolute atomic E-state index is 0.0275. The Morgan fingerprint density at radius 3 is 2.36 bits per heavy atom. The van der Waals surface area contributed by atoms with Crippen molar-refractivity contribution in [1.82, 2.24) is 20.0 Å². The van der Waals surface area contributed by atoms with Crippen LogP contribution in [0.5, 0.6) is 0 Å². The molecule has 3 rings (SSSR count). The third-order valence-electron chi connectivity index (χ3n) is 6.25. The molecule has 7 nitrogen and oxygen atoms in total. The summed E-state index contributed by atoms with van der Waals surface area (Å²) < 4.78 is 0. The molecule has 1 aliphatic rings. The van der Waals surface area contributed by atoms with Gasteiger partial charge in [-0.2, -0.15) is 0 Å². The first-order valence-corrected chi connectivity index (χ1v) is 12.1. The molecule has 1 aromatic carbocycles. The van der Waals surface area contributed by atoms with Gasteiger partial charge >= 0.3 is 0 Å². The third-order valence-corrected chi connectivity index (χ3v) is 6.25. The van der Waals surface area contributed by atoms with Gasteiger partial charge in [0.25, 0.3) is 0 Å². The number of benzene rings is 1. The van der Waals surface area contributed by atoms with E-state index in [0.717, 1.165) is 36.5 Å². The number of carbonyl (C=O) groups excluding carboxylic acids is 2. The molecule has 0 saturated carbocycles. The summed E-state index contributed by atoms with van der Waals surface area (Å²) in [6.07, 6.45) is 1.84. The molecule has 1 aromatic heterocycles. The van der Waals surface area contributed by atoms with Crippen LogP contribution in [0.25, 0.3) is 11.3 Å². The van der Waals surface area contributed by atoms with Crippen molar-refractivity contribution >= 4 is 17.6 Å². The Kier molecular flexibility index (Phi) is 8.80. The zero-order valence-corrected chi connectivity index (χ0v) is 20.4. The van der Waals surface area contributed by atoms with E-state index < -0.39 is 0 Å². The fraction of sp³-hybridized carbons (Fsp3) is 0.538. The van der Waals surface area contributed by atoms with Gasteiger partial charge in [-0.3, -0.25) is 9.59 Å². The lowest BCUT2D eigenvalue weighted by molar-refractivity contribution is -0.142. The molecule has 1 saturated heterocycles. The standard InChI is InChI=1S/C26H37N5O2/c1-5-21(4)18-31(26(33)20(2)3)19-25(32)30-15-9-14-29(16-17-30)24-13-12-23(27-28-24)22-10-7-6-8-11-22/h6-8,10-13,20-21H,5,9,14-19H2,1-4H3. The van der Waals surface area contributed by atoms with Gasteiger partial charge in [-0.15, -0.1) is 10.2 Å². The maximum atomic E-state index is 13.1. The predicted molar refractivity (Wildman–Crippen MR) is 132 cm³/mol. The second-order valence-corrected chi connectivity index (χ2v) is 9.25. The number of aromatic nitrogens is 2. The van der Waals surface area contributed by atoms with Gasteiger partial charge in [0.1, 0.15) is 0 Å². The fourth-order valence-corrected chi connectivity index (χ4v) is 4.02. The third kappa shape index (κ3) is 6.76. The number of hydrogen-bond donors (Lipinski definition) is 0. The van der Waals surface area contributed by atoms with Crippen molar-refractivity contribution in [3.8, 4) is 11.3 Å². The van der Waals surface area contributed by atoms with E-state index in [9.17, 15) is 9.59 Å². The number of nitrogens with zero attached hydrogens (tertiary/aromatic N) is 5. The van der Waals surface area contributed by atoms with E-state index in [4.69, 9.17) is 0 Å². The van der Waals surface area contributed by atoms with E-state index in [1.165, 1.54) is 0 Å². The molecular formula is C26H37N5O2. The second kappa shape index (κ2) is 11.8. The molecule has 0 spiro atoms. The normalized spacial score (nSPS) is 15.3. The average Bonchev–Trinajstić information content (AvgIpc) is 3.10. The lowest BCUT2D eigenvalue weighted by Crippen LogP contribution is -2.46. The Hall–Kier alpha value is -2.96. The lowest BCUT2D eigenvalue weighted by Gasteiger charge is -2.29. The van der Waals surface area contributed by atoms with Crippen LogP contribution in [0.2, 0.25) is 0 Å². The Morgan fingerprint density at radius 2 is 1.73 bits per heavy atom. The minimum atomic E-state index is -0.112. The summed E-state index contributed by atoms with van der Waals surface area (Å²) >= 11 is 0. The summed E-state index contributed by atoms with van der Waals surface area (Å²) in [5.74, 6) is 1.17. The Labute approximate surface area is 197 Å². The van der Waals surface area contributed by atoms with E-state index in [-0.39, 0.29) is 24.3 Å². The van der Waals surface area contributed by atoms with Gasteiger partial charge in [-0.25, -0.2) is 0 Å². The summed E-state index contributed by atoms with van der Waals surface area (Å²) in [5.41, 5.74) is 1.89. The van der Waals surface area contributed by atoms with Gasteiger partial charge in [0.05, 0.1) is 12.2 Å². The monoisotopic (exact) mass is 451 g/mol. The molecule has 1 unspecified atom stereocenters. The van der Waals surface area contributed by atoms with Crippen molar-refractivity contribution in [2.75, 3.05) is 44.2 Å². The van der Waals surface area contributed by atoms with Gasteiger partial charge in [-0.1, -0.05) is 64.4 Å². The van der Waals surface area contributed by atoms with Crippen LogP contribution < -0.4 is 4.90 Å². The van der Waals surface area contributed by atoms with E-state index in [1.807, 2.05) is 61.2 Å². The SMILES string of the molecule is CCC(C)CN(CC(=O)N1CCCN(c2ccc(-c3ccccc3)nn2)CC1)C(=O)C(C)C. The topological polar surface area (TPSA) is 69.6 Å². The summed E-state index contributed by atoms with van der Waals surface area (Å²) in [4.78, 5) is 31.6. The van der Waals surface area contributed by atoms with Gasteiger partial charge in [0.15, 0.2) is 5.82 Å². The molecule has 2 amide bonds. The second-order valence-electron chi connectivity index (χ2n) is 9.25. The molecule has 1 aliphatic heterocycles. The highest BCUT2D eigenvalue weighted by atomic mass is 16.2. The van der Waals surface area contributed by atoms with Crippen LogP contribution in [0.3, 0.4) is 0 Å². The number of carbonyl (C=O) groups is 2. The van der Waals surface area contributed by atoms with Crippen molar-refractivity contribution in [1.29, 1.82) is 0 Å². The molecule has 1 atom stereocenters. The van der Waals surface area contributed by atoms with Crippen LogP contribution in [-0.2, 0) is 9.59 Å². The average molecular weight is 452 g/mol. The summed E-state index contributed by atoms with van der Waals surface area (Å²) in [6, 6.07) is 14.0. The minimum Gasteiger partial charge on any atom is -0.353 e. The van der Waals surface area contributed by atoms with Crippen LogP contribution in [0.4, 0.5) is 5.82 Å². The van der Waals surface area contributed by atoms with Crippen LogP contribution in [-0.4, -0.2) is 71.1 Å². The van der Waals surface area contributed by atoms with E-state index >= 15 is 0 Å². The lowest BCUT2D eigenvalue weighted by atomic mass is 10.1. The molecule has 0 aliphatic carbocycles. The molecule has 0 radical (unpaired) electrons. The van der Waals surface area contributed by atoms with E-state index in [1.54, 1.807) is 4.90 Å². The van der Waals surface area contributed by atoms with Crippen LogP contribution >= 0.6 is 0 Å². The highest BCUT2D eigenvalue weighted by Crippen LogP contribution is 2.19. The van der Waals surface area contributed by atoms with Crippen molar-refractivity contribution in [3.63, 3.8) is 0 Å². The highest BCUT2D eigenvalue weighted by molar-refractivity contribution is 5.85. The Balaban J connectivity index is 1.60. The number of amides is 2. The fourth-order valence-electron chi connectivity index (χ4n) is 4.02. The summed E-state index contributed by atoms with van der Waals surface area (Å²) in [6.45, 7) is 11.7. The molecule has 33 heavy (non-hydrogen) atoms. The largest absolute Gasteiger partial charge is 0.353 e. The molecule has 0 N–H and O–H groups in total. The first kappa shape index (κ1) is 24.7. The van der Waals surface area contributed by atoms with Gasteiger partial charge < -0.3 is 14.7 Å². The molecule has 7 heteroatoms. The molecule has 2 aromatic rings. The van der Waals surface area contributed by atoms with E-state index in [2.05, 4.69) is 28.9 Å². The first-order chi connectivity index (χ1) is 15.9. The molecule has 0 bridgehead atoms. The molecule has 1 fully saturated rings. The van der Waals surface area contributed by atoms with E-state index in [0.29, 0.717) is 32.1 Å². The Morgan fingerprint density at radius 1 is 0.970 bits per heavy atom. The van der Waals surface area contributed by atoms with Crippen LogP contribution in [0.1, 0.15) is 40.5 Å². The zero-order chi connectivity index (χ0) is 23.8. The van der Waals surface area contributed by atoms with Crippen LogP contribution in [0.15, 0.2) is 42.5 Å². The first-order valence-electron chi connectivity index (χ1n) is 12.1. The Bertz CT molecular complexity index is 901. The van der Waals surface area contributed by atoms with Gasteiger partial charge in [0, 0.05) is 44.2 Å². The van der Waals surface area contributed by atoms with Crippen molar-refractivity contribution in [2.45, 2.75) is 40.5 Å². The summed E-state index contributed by atoms with van der Waals surface area (Å²) in [7, 11) is 0. The maximum absolute atomic E-state index is 13.1. The number of rotatable bonds is 8. The maximum Gasteiger partial charge on any atom is 0.242 e. The van der Waals surface area contributed by atoms with Crippen molar-refractivity contribution < 1.29 is 9.59 Å².